The van der Waals surface area contributed by atoms with E-state index in [0.29, 0.717) is 13.0 Å². The van der Waals surface area contributed by atoms with Gasteiger partial charge in [-0.25, -0.2) is 0 Å². The van der Waals surface area contributed by atoms with Crippen LogP contribution in [0.3, 0.4) is 0 Å². The first-order chi connectivity index (χ1) is 19.6. The number of carbonyl (C=O) groups is 2. The number of hydrogen-bond donors (Lipinski definition) is 0. The van der Waals surface area contributed by atoms with E-state index >= 15 is 0 Å². The minimum Gasteiger partial charge on any atom is -0.466 e. The molecule has 0 fully saturated rings. The Morgan fingerprint density at radius 1 is 0.575 bits per heavy atom. The highest BCUT2D eigenvalue weighted by molar-refractivity contribution is 5.69. The summed E-state index contributed by atoms with van der Waals surface area (Å²) in [6.45, 7) is 6.59. The molecule has 1 atom stereocenters. The Bertz CT molecular complexity index is 571. The van der Waals surface area contributed by atoms with Gasteiger partial charge in [-0.15, -0.1) is 0 Å². The fourth-order valence-corrected chi connectivity index (χ4v) is 5.24. The maximum atomic E-state index is 11.9. The van der Waals surface area contributed by atoms with Crippen molar-refractivity contribution < 1.29 is 19.1 Å². The fraction of sp³-hybridized carbons (Fsp3) is 0.889. The highest BCUT2D eigenvalue weighted by atomic mass is 16.5. The molecule has 0 heterocycles. The van der Waals surface area contributed by atoms with Gasteiger partial charge < -0.3 is 9.47 Å². The summed E-state index contributed by atoms with van der Waals surface area (Å²) in [6.07, 6.45) is 37.1. The molecule has 0 saturated carbocycles. The van der Waals surface area contributed by atoms with Crippen LogP contribution in [0.15, 0.2) is 12.2 Å². The minimum absolute atomic E-state index is 0.0188. The van der Waals surface area contributed by atoms with Crippen molar-refractivity contribution in [1.82, 2.24) is 0 Å². The van der Waals surface area contributed by atoms with Gasteiger partial charge in [0.1, 0.15) is 6.10 Å². The summed E-state index contributed by atoms with van der Waals surface area (Å²) in [5.74, 6) is -0.192. The molecule has 0 aliphatic rings. The molecule has 0 aromatic rings. The van der Waals surface area contributed by atoms with Gasteiger partial charge in [-0.1, -0.05) is 148 Å². The summed E-state index contributed by atoms with van der Waals surface area (Å²) in [4.78, 5) is 23.3. The SMILES string of the molecule is CCCCCCCCCCCCCCCCOC(=O)CCCCCCC/C=C\C[C@@H](CCCCCC)OC(C)=O. The lowest BCUT2D eigenvalue weighted by Gasteiger charge is -2.15. The van der Waals surface area contributed by atoms with Gasteiger partial charge in [0.05, 0.1) is 6.61 Å². The standard InChI is InChI=1S/C36H68O4/c1-4-6-8-10-11-12-13-14-15-16-19-22-25-29-33-39-36(38)32-28-24-21-18-17-20-23-27-31-35(40-34(3)37)30-26-9-7-5-2/h23,27,35H,4-22,24-26,28-33H2,1-3H3/b27-23-/t35-/m1/s1. The first kappa shape index (κ1) is 38.7. The Hall–Kier alpha value is -1.32. The number of rotatable bonds is 31. The van der Waals surface area contributed by atoms with E-state index in [4.69, 9.17) is 9.47 Å². The zero-order valence-electron chi connectivity index (χ0n) is 27.2. The average Bonchev–Trinajstić information content (AvgIpc) is 2.93. The number of ether oxygens (including phenoxy) is 2. The van der Waals surface area contributed by atoms with Gasteiger partial charge in [0.15, 0.2) is 0 Å². The molecule has 0 unspecified atom stereocenters. The zero-order chi connectivity index (χ0) is 29.4. The van der Waals surface area contributed by atoms with Crippen LogP contribution in [0.5, 0.6) is 0 Å². The van der Waals surface area contributed by atoms with E-state index in [1.165, 1.54) is 129 Å². The number of allylic oxidation sites excluding steroid dienone is 1. The van der Waals surface area contributed by atoms with Gasteiger partial charge >= 0.3 is 11.9 Å². The van der Waals surface area contributed by atoms with E-state index in [0.717, 1.165) is 44.9 Å². The Morgan fingerprint density at radius 3 is 1.60 bits per heavy atom. The third-order valence-electron chi connectivity index (χ3n) is 7.79. The number of unbranched alkanes of at least 4 members (excludes halogenated alkanes) is 21. The van der Waals surface area contributed by atoms with E-state index < -0.39 is 0 Å². The van der Waals surface area contributed by atoms with Crippen LogP contribution in [-0.2, 0) is 19.1 Å². The second-order valence-electron chi connectivity index (χ2n) is 11.9. The Balaban J connectivity index is 3.44. The maximum Gasteiger partial charge on any atom is 0.305 e. The van der Waals surface area contributed by atoms with Crippen LogP contribution < -0.4 is 0 Å². The highest BCUT2D eigenvalue weighted by Gasteiger charge is 2.09. The molecule has 0 rings (SSSR count). The third kappa shape index (κ3) is 31.2. The summed E-state index contributed by atoms with van der Waals surface area (Å²) in [5.41, 5.74) is 0. The van der Waals surface area contributed by atoms with E-state index in [2.05, 4.69) is 26.0 Å². The summed E-state index contributed by atoms with van der Waals surface area (Å²) >= 11 is 0. The van der Waals surface area contributed by atoms with Crippen molar-refractivity contribution in [3.8, 4) is 0 Å². The lowest BCUT2D eigenvalue weighted by atomic mass is 10.0. The molecular formula is C36H68O4. The van der Waals surface area contributed by atoms with Gasteiger partial charge in [-0.05, 0) is 38.5 Å². The predicted molar refractivity (Wildman–Crippen MR) is 172 cm³/mol. The maximum absolute atomic E-state index is 11.9. The minimum atomic E-state index is -0.174. The normalized spacial score (nSPS) is 12.2. The Labute approximate surface area is 249 Å². The Morgan fingerprint density at radius 2 is 1.05 bits per heavy atom. The van der Waals surface area contributed by atoms with Crippen molar-refractivity contribution in [1.29, 1.82) is 0 Å². The second-order valence-corrected chi connectivity index (χ2v) is 11.9. The van der Waals surface area contributed by atoms with Gasteiger partial charge in [-0.3, -0.25) is 9.59 Å². The first-order valence-electron chi connectivity index (χ1n) is 17.6. The molecule has 0 radical (unpaired) electrons. The summed E-state index contributed by atoms with van der Waals surface area (Å²) in [5, 5.41) is 0. The Kier molecular flexibility index (Phi) is 31.1. The number of esters is 2. The first-order valence-corrected chi connectivity index (χ1v) is 17.6. The van der Waals surface area contributed by atoms with E-state index in [1.54, 1.807) is 0 Å². The molecule has 0 bridgehead atoms. The van der Waals surface area contributed by atoms with Gasteiger partial charge in [0, 0.05) is 19.8 Å². The molecule has 0 amide bonds. The molecule has 4 heteroatoms. The van der Waals surface area contributed by atoms with Crippen LogP contribution in [0.2, 0.25) is 0 Å². The fourth-order valence-electron chi connectivity index (χ4n) is 5.24. The topological polar surface area (TPSA) is 52.6 Å². The smallest absolute Gasteiger partial charge is 0.305 e. The van der Waals surface area contributed by atoms with Crippen molar-refractivity contribution in [2.75, 3.05) is 6.61 Å². The predicted octanol–water partition coefficient (Wildman–Crippen LogP) is 11.6. The van der Waals surface area contributed by atoms with Crippen LogP contribution in [0.1, 0.15) is 194 Å². The monoisotopic (exact) mass is 565 g/mol. The van der Waals surface area contributed by atoms with E-state index in [1.807, 2.05) is 0 Å². The van der Waals surface area contributed by atoms with E-state index in [-0.39, 0.29) is 18.0 Å². The molecule has 0 aliphatic heterocycles. The molecule has 0 N–H and O–H groups in total. The molecule has 0 aliphatic carbocycles. The van der Waals surface area contributed by atoms with Crippen LogP contribution >= 0.6 is 0 Å². The highest BCUT2D eigenvalue weighted by Crippen LogP contribution is 2.15. The third-order valence-corrected chi connectivity index (χ3v) is 7.79. The lowest BCUT2D eigenvalue weighted by Crippen LogP contribution is -2.15. The lowest BCUT2D eigenvalue weighted by molar-refractivity contribution is -0.146. The molecule has 0 saturated heterocycles. The van der Waals surface area contributed by atoms with Crippen molar-refractivity contribution in [3.63, 3.8) is 0 Å². The van der Waals surface area contributed by atoms with Gasteiger partial charge in [0.25, 0.3) is 0 Å². The van der Waals surface area contributed by atoms with E-state index in [9.17, 15) is 9.59 Å². The van der Waals surface area contributed by atoms with Gasteiger partial charge in [0.2, 0.25) is 0 Å². The molecule has 40 heavy (non-hydrogen) atoms. The number of hydrogen-bond acceptors (Lipinski definition) is 4. The van der Waals surface area contributed by atoms with Crippen molar-refractivity contribution in [2.24, 2.45) is 0 Å². The summed E-state index contributed by atoms with van der Waals surface area (Å²) in [6, 6.07) is 0. The zero-order valence-corrected chi connectivity index (χ0v) is 27.2. The molecule has 0 aromatic carbocycles. The molecular weight excluding hydrogens is 496 g/mol. The van der Waals surface area contributed by atoms with Crippen molar-refractivity contribution in [2.45, 2.75) is 200 Å². The summed E-state index contributed by atoms with van der Waals surface area (Å²) < 4.78 is 10.9. The van der Waals surface area contributed by atoms with Gasteiger partial charge in [-0.2, -0.15) is 0 Å². The van der Waals surface area contributed by atoms with Crippen LogP contribution in [-0.4, -0.2) is 24.6 Å². The summed E-state index contributed by atoms with van der Waals surface area (Å²) in [7, 11) is 0. The van der Waals surface area contributed by atoms with Crippen LogP contribution in [0, 0.1) is 0 Å². The van der Waals surface area contributed by atoms with Crippen LogP contribution in [0.4, 0.5) is 0 Å². The molecule has 4 nitrogen and oxygen atoms in total. The van der Waals surface area contributed by atoms with Crippen molar-refractivity contribution in [3.05, 3.63) is 12.2 Å². The average molecular weight is 565 g/mol. The van der Waals surface area contributed by atoms with Crippen molar-refractivity contribution >= 4 is 11.9 Å². The largest absolute Gasteiger partial charge is 0.466 e. The quantitative estimate of drug-likeness (QED) is 0.0477. The molecule has 0 aromatic heterocycles. The van der Waals surface area contributed by atoms with Crippen LogP contribution in [0.25, 0.3) is 0 Å². The number of carbonyl (C=O) groups excluding carboxylic acids is 2. The molecule has 236 valence electrons. The molecule has 0 spiro atoms. The second kappa shape index (κ2) is 32.2.